The standard InChI is InChI=1S/C14H16N2O2/c1-3-6-16-9-12(8-15-16)11-5-4-10(2)13(7-11)14(17)18/h4-5,7-9H,3,6H2,1-2H3,(H,17,18). The summed E-state index contributed by atoms with van der Waals surface area (Å²) in [6.07, 6.45) is 4.74. The molecule has 0 saturated heterocycles. The molecule has 1 aromatic heterocycles. The maximum absolute atomic E-state index is 11.1. The van der Waals surface area contributed by atoms with Crippen LogP contribution in [0.4, 0.5) is 0 Å². The number of aromatic nitrogens is 2. The lowest BCUT2D eigenvalue weighted by atomic mass is 10.0. The smallest absolute Gasteiger partial charge is 0.335 e. The molecule has 0 aliphatic carbocycles. The van der Waals surface area contributed by atoms with E-state index >= 15 is 0 Å². The molecule has 94 valence electrons. The van der Waals surface area contributed by atoms with Crippen LogP contribution in [-0.2, 0) is 6.54 Å². The molecular formula is C14H16N2O2. The summed E-state index contributed by atoms with van der Waals surface area (Å²) >= 11 is 0. The summed E-state index contributed by atoms with van der Waals surface area (Å²) in [6.45, 7) is 4.77. The number of hydrogen-bond acceptors (Lipinski definition) is 2. The Hall–Kier alpha value is -2.10. The zero-order valence-electron chi connectivity index (χ0n) is 10.6. The number of benzene rings is 1. The van der Waals surface area contributed by atoms with Crippen LogP contribution in [0.3, 0.4) is 0 Å². The first-order chi connectivity index (χ1) is 8.61. The van der Waals surface area contributed by atoms with Gasteiger partial charge in [0.05, 0.1) is 11.8 Å². The fourth-order valence-corrected chi connectivity index (χ4v) is 1.90. The van der Waals surface area contributed by atoms with Crippen LogP contribution in [-0.4, -0.2) is 20.9 Å². The third-order valence-electron chi connectivity index (χ3n) is 2.89. The van der Waals surface area contributed by atoms with Crippen LogP contribution in [0.25, 0.3) is 11.1 Å². The van der Waals surface area contributed by atoms with Gasteiger partial charge in [0.1, 0.15) is 0 Å². The summed E-state index contributed by atoms with van der Waals surface area (Å²) in [5, 5.41) is 13.4. The number of rotatable bonds is 4. The molecule has 0 saturated carbocycles. The Morgan fingerprint density at radius 2 is 2.17 bits per heavy atom. The molecule has 0 radical (unpaired) electrons. The Bertz CT molecular complexity index is 573. The van der Waals surface area contributed by atoms with E-state index in [0.717, 1.165) is 29.7 Å². The Balaban J connectivity index is 2.38. The molecule has 0 bridgehead atoms. The van der Waals surface area contributed by atoms with Gasteiger partial charge >= 0.3 is 5.97 Å². The number of carboxylic acid groups (broad SMARTS) is 1. The van der Waals surface area contributed by atoms with Crippen molar-refractivity contribution in [1.82, 2.24) is 9.78 Å². The van der Waals surface area contributed by atoms with Crippen molar-refractivity contribution >= 4 is 5.97 Å². The summed E-state index contributed by atoms with van der Waals surface area (Å²) in [5.74, 6) is -0.893. The van der Waals surface area contributed by atoms with E-state index in [1.165, 1.54) is 0 Å². The molecule has 4 heteroatoms. The van der Waals surface area contributed by atoms with E-state index in [-0.39, 0.29) is 0 Å². The Morgan fingerprint density at radius 1 is 1.39 bits per heavy atom. The summed E-state index contributed by atoms with van der Waals surface area (Å²) in [7, 11) is 0. The molecule has 18 heavy (non-hydrogen) atoms. The molecule has 1 aromatic carbocycles. The van der Waals surface area contributed by atoms with Crippen LogP contribution in [0.2, 0.25) is 0 Å². The van der Waals surface area contributed by atoms with Crippen LogP contribution in [0.1, 0.15) is 29.3 Å². The van der Waals surface area contributed by atoms with E-state index in [2.05, 4.69) is 12.0 Å². The van der Waals surface area contributed by atoms with Gasteiger partial charge in [-0.3, -0.25) is 4.68 Å². The molecule has 0 amide bonds. The Morgan fingerprint density at radius 3 is 2.83 bits per heavy atom. The quantitative estimate of drug-likeness (QED) is 0.899. The topological polar surface area (TPSA) is 55.1 Å². The third kappa shape index (κ3) is 2.42. The maximum Gasteiger partial charge on any atom is 0.335 e. The molecule has 0 fully saturated rings. The summed E-state index contributed by atoms with van der Waals surface area (Å²) in [5.41, 5.74) is 2.95. The lowest BCUT2D eigenvalue weighted by molar-refractivity contribution is 0.0696. The molecule has 0 unspecified atom stereocenters. The molecule has 2 aromatic rings. The summed E-state index contributed by atoms with van der Waals surface area (Å²) < 4.78 is 1.87. The molecule has 1 N–H and O–H groups in total. The van der Waals surface area contributed by atoms with Gasteiger partial charge < -0.3 is 5.11 Å². The van der Waals surface area contributed by atoms with E-state index in [1.54, 1.807) is 19.2 Å². The van der Waals surface area contributed by atoms with E-state index in [0.29, 0.717) is 5.56 Å². The molecular weight excluding hydrogens is 228 g/mol. The van der Waals surface area contributed by atoms with Crippen molar-refractivity contribution in [3.63, 3.8) is 0 Å². The highest BCUT2D eigenvalue weighted by atomic mass is 16.4. The minimum Gasteiger partial charge on any atom is -0.478 e. The lowest BCUT2D eigenvalue weighted by Gasteiger charge is -2.03. The SMILES string of the molecule is CCCn1cc(-c2ccc(C)c(C(=O)O)c2)cn1. The van der Waals surface area contributed by atoms with Crippen LogP contribution < -0.4 is 0 Å². The van der Waals surface area contributed by atoms with E-state index in [1.807, 2.05) is 23.0 Å². The predicted molar refractivity (Wildman–Crippen MR) is 69.7 cm³/mol. The molecule has 2 rings (SSSR count). The second-order valence-corrected chi connectivity index (χ2v) is 4.33. The zero-order chi connectivity index (χ0) is 13.1. The minimum atomic E-state index is -0.893. The first-order valence-corrected chi connectivity index (χ1v) is 5.98. The largest absolute Gasteiger partial charge is 0.478 e. The van der Waals surface area contributed by atoms with E-state index in [4.69, 9.17) is 5.11 Å². The fourth-order valence-electron chi connectivity index (χ4n) is 1.90. The zero-order valence-corrected chi connectivity index (χ0v) is 10.6. The van der Waals surface area contributed by atoms with Gasteiger partial charge in [0.2, 0.25) is 0 Å². The van der Waals surface area contributed by atoms with Gasteiger partial charge in [0, 0.05) is 18.3 Å². The van der Waals surface area contributed by atoms with Gasteiger partial charge in [0.25, 0.3) is 0 Å². The van der Waals surface area contributed by atoms with Crippen molar-refractivity contribution in [1.29, 1.82) is 0 Å². The molecule has 0 aliphatic rings. The third-order valence-corrected chi connectivity index (χ3v) is 2.89. The average molecular weight is 244 g/mol. The summed E-state index contributed by atoms with van der Waals surface area (Å²) in [6, 6.07) is 5.45. The summed E-state index contributed by atoms with van der Waals surface area (Å²) in [4.78, 5) is 11.1. The number of carbonyl (C=O) groups is 1. The van der Waals surface area contributed by atoms with Crippen molar-refractivity contribution in [2.75, 3.05) is 0 Å². The Labute approximate surface area is 106 Å². The van der Waals surface area contributed by atoms with Crippen LogP contribution in [0.15, 0.2) is 30.6 Å². The van der Waals surface area contributed by atoms with Gasteiger partial charge in [-0.25, -0.2) is 4.79 Å². The molecule has 0 spiro atoms. The highest BCUT2D eigenvalue weighted by molar-refractivity contribution is 5.91. The number of aryl methyl sites for hydroxylation is 2. The monoisotopic (exact) mass is 244 g/mol. The highest BCUT2D eigenvalue weighted by Crippen LogP contribution is 2.22. The number of hydrogen-bond donors (Lipinski definition) is 1. The van der Waals surface area contributed by atoms with Gasteiger partial charge in [-0.2, -0.15) is 5.10 Å². The normalized spacial score (nSPS) is 10.6. The lowest BCUT2D eigenvalue weighted by Crippen LogP contribution is -1.99. The van der Waals surface area contributed by atoms with Gasteiger partial charge in [-0.1, -0.05) is 19.1 Å². The molecule has 0 atom stereocenters. The predicted octanol–water partition coefficient (Wildman–Crippen LogP) is 2.97. The van der Waals surface area contributed by atoms with Crippen molar-refractivity contribution in [2.24, 2.45) is 0 Å². The second-order valence-electron chi connectivity index (χ2n) is 4.33. The van der Waals surface area contributed by atoms with Gasteiger partial charge in [-0.15, -0.1) is 0 Å². The number of nitrogens with zero attached hydrogens (tertiary/aromatic N) is 2. The molecule has 0 aliphatic heterocycles. The van der Waals surface area contributed by atoms with Crippen LogP contribution >= 0.6 is 0 Å². The average Bonchev–Trinajstić information content (AvgIpc) is 2.78. The van der Waals surface area contributed by atoms with E-state index < -0.39 is 5.97 Å². The molecule has 4 nitrogen and oxygen atoms in total. The number of carboxylic acids is 1. The van der Waals surface area contributed by atoms with Crippen molar-refractivity contribution in [3.8, 4) is 11.1 Å². The molecule has 1 heterocycles. The van der Waals surface area contributed by atoms with Crippen LogP contribution in [0.5, 0.6) is 0 Å². The number of aromatic carboxylic acids is 1. The minimum absolute atomic E-state index is 0.343. The van der Waals surface area contributed by atoms with Crippen molar-refractivity contribution < 1.29 is 9.90 Å². The second kappa shape index (κ2) is 5.04. The fraction of sp³-hybridized carbons (Fsp3) is 0.286. The first kappa shape index (κ1) is 12.4. The first-order valence-electron chi connectivity index (χ1n) is 5.98. The highest BCUT2D eigenvalue weighted by Gasteiger charge is 2.09. The Kier molecular flexibility index (Phi) is 3.46. The maximum atomic E-state index is 11.1. The van der Waals surface area contributed by atoms with Crippen LogP contribution in [0, 0.1) is 6.92 Å². The van der Waals surface area contributed by atoms with Crippen molar-refractivity contribution in [2.45, 2.75) is 26.8 Å². The van der Waals surface area contributed by atoms with Gasteiger partial charge in [0.15, 0.2) is 0 Å². The van der Waals surface area contributed by atoms with Crippen molar-refractivity contribution in [3.05, 3.63) is 41.7 Å². The van der Waals surface area contributed by atoms with E-state index in [9.17, 15) is 4.79 Å². The van der Waals surface area contributed by atoms with Gasteiger partial charge in [-0.05, 0) is 30.5 Å².